The van der Waals surface area contributed by atoms with Crippen molar-refractivity contribution < 1.29 is 22.4 Å². The number of hydrogen-bond acceptors (Lipinski definition) is 3. The molecule has 6 aromatic carbocycles. The molecule has 0 aliphatic carbocycles. The summed E-state index contributed by atoms with van der Waals surface area (Å²) in [6.07, 6.45) is 0. The standard InChI is InChI=1S/2C21H21P.Ag.HNO2/c2*1-16-10-4-7-13-19(16)22(20-14-8-5-11-17(20)2)21-15-9-6-12-18(21)3;;2-1-3/h2*4-15H,1-3H3;;(H,2,3)/q;;+1;/p+1. The molecule has 0 bridgehead atoms. The van der Waals surface area contributed by atoms with Crippen molar-refractivity contribution in [3.8, 4) is 0 Å². The van der Waals surface area contributed by atoms with Gasteiger partial charge in [0.05, 0.1) is 15.8 Å². The second-order valence-corrected chi connectivity index (χ2v) is 16.4. The summed E-state index contributed by atoms with van der Waals surface area (Å²) >= 11 is 0. The number of benzene rings is 6. The molecule has 0 aliphatic rings. The molecule has 0 saturated heterocycles. The van der Waals surface area contributed by atoms with E-state index in [0.717, 1.165) is 5.34 Å². The van der Waals surface area contributed by atoms with Crippen molar-refractivity contribution >= 4 is 47.7 Å². The zero-order valence-corrected chi connectivity index (χ0v) is 31.9. The van der Waals surface area contributed by atoms with Gasteiger partial charge in [-0.05, 0) is 111 Å². The Kier molecular flexibility index (Phi) is 15.6. The Labute approximate surface area is 304 Å². The fourth-order valence-electron chi connectivity index (χ4n) is 5.99. The summed E-state index contributed by atoms with van der Waals surface area (Å²) in [4.78, 5) is 8.00. The molecule has 0 N–H and O–H groups in total. The zero-order chi connectivity index (χ0) is 33.8. The van der Waals surface area contributed by atoms with Crippen LogP contribution >= 0.6 is 15.8 Å². The van der Waals surface area contributed by atoms with Crippen molar-refractivity contribution in [2.75, 3.05) is 0 Å². The van der Waals surface area contributed by atoms with Crippen molar-refractivity contribution in [3.63, 3.8) is 0 Å². The molecule has 0 fully saturated rings. The van der Waals surface area contributed by atoms with Crippen LogP contribution in [0.2, 0.25) is 0 Å². The Morgan fingerprint density at radius 3 is 0.604 bits per heavy atom. The maximum atomic E-state index is 8.00. The van der Waals surface area contributed by atoms with Crippen LogP contribution in [0.25, 0.3) is 0 Å². The maximum Gasteiger partial charge on any atom is 1.00 e. The molecule has 0 atom stereocenters. The van der Waals surface area contributed by atoms with Gasteiger partial charge >= 0.3 is 22.4 Å². The van der Waals surface area contributed by atoms with Gasteiger partial charge in [0, 0.05) is 0 Å². The Hall–Kier alpha value is -3.68. The van der Waals surface area contributed by atoms with E-state index in [4.69, 9.17) is 10.1 Å². The number of hydrogen-bond donors (Lipinski definition) is 0. The van der Waals surface area contributed by atoms with E-state index in [1.165, 1.54) is 65.2 Å². The molecule has 6 heteroatoms. The van der Waals surface area contributed by atoms with Gasteiger partial charge in [-0.15, -0.1) is 5.34 Å². The predicted molar refractivity (Wildman–Crippen MR) is 211 cm³/mol. The van der Waals surface area contributed by atoms with E-state index in [1.54, 1.807) is 0 Å². The average Bonchev–Trinajstić information content (AvgIpc) is 3.07. The van der Waals surface area contributed by atoms with Gasteiger partial charge in [-0.2, -0.15) is 0 Å². The third-order valence-electron chi connectivity index (χ3n) is 8.49. The molecule has 0 amide bonds. The third kappa shape index (κ3) is 9.70. The quantitative estimate of drug-likeness (QED) is 0.0741. The molecule has 0 heterocycles. The van der Waals surface area contributed by atoms with Crippen molar-refractivity contribution in [3.05, 3.63) is 189 Å². The fraction of sp³-hybridized carbons (Fsp3) is 0.143. The van der Waals surface area contributed by atoms with Gasteiger partial charge in [0.25, 0.3) is 0 Å². The molecule has 0 aromatic heterocycles. The first-order valence-electron chi connectivity index (χ1n) is 15.8. The van der Waals surface area contributed by atoms with Gasteiger partial charge in [-0.1, -0.05) is 109 Å². The SMILES string of the molecule is Cc1ccccc1[PH+](c1ccccc1C)c1ccccc1C.Cc1ccccc1[PH+](c1ccccc1C)c1ccccc1C.O=N[O-].[Ag+]. The minimum atomic E-state index is -0.968. The molecular weight excluding hydrogens is 720 g/mol. The number of rotatable bonds is 6. The first-order valence-corrected chi connectivity index (χ1v) is 18.8. The zero-order valence-electron chi connectivity index (χ0n) is 28.4. The third-order valence-corrected chi connectivity index (χ3v) is 15.1. The van der Waals surface area contributed by atoms with Crippen molar-refractivity contribution in [1.82, 2.24) is 0 Å². The molecule has 0 aliphatic heterocycles. The van der Waals surface area contributed by atoms with Gasteiger partial charge in [-0.25, -0.2) is 0 Å². The van der Waals surface area contributed by atoms with Crippen molar-refractivity contribution in [2.45, 2.75) is 41.5 Å². The Balaban J connectivity index is 0.000000236. The molecule has 248 valence electrons. The van der Waals surface area contributed by atoms with Gasteiger partial charge < -0.3 is 10.1 Å². The second-order valence-electron chi connectivity index (χ2n) is 11.7. The van der Waals surface area contributed by atoms with E-state index in [9.17, 15) is 0 Å². The van der Waals surface area contributed by atoms with Crippen LogP contribution in [0.4, 0.5) is 0 Å². The molecule has 48 heavy (non-hydrogen) atoms. The normalized spacial score (nSPS) is 10.2. The Morgan fingerprint density at radius 2 is 0.479 bits per heavy atom. The van der Waals surface area contributed by atoms with Crippen LogP contribution in [0, 0.1) is 51.7 Å². The minimum absolute atomic E-state index is 0. The van der Waals surface area contributed by atoms with E-state index in [0.29, 0.717) is 0 Å². The van der Waals surface area contributed by atoms with Gasteiger partial charge in [0.1, 0.15) is 31.8 Å². The molecular formula is C42H44AgNO2P2+2. The number of aryl methyl sites for hydroxylation is 6. The van der Waals surface area contributed by atoms with Crippen LogP contribution in [0.3, 0.4) is 0 Å². The van der Waals surface area contributed by atoms with Crippen molar-refractivity contribution in [1.29, 1.82) is 0 Å². The van der Waals surface area contributed by atoms with Crippen LogP contribution in [0.5, 0.6) is 0 Å². The molecule has 0 radical (unpaired) electrons. The van der Waals surface area contributed by atoms with Crippen LogP contribution in [0.15, 0.2) is 151 Å². The van der Waals surface area contributed by atoms with Crippen LogP contribution in [0.1, 0.15) is 33.4 Å². The second kappa shape index (κ2) is 19.4. The van der Waals surface area contributed by atoms with Crippen LogP contribution in [-0.2, 0) is 22.4 Å². The van der Waals surface area contributed by atoms with E-state index in [1.807, 2.05) is 0 Å². The van der Waals surface area contributed by atoms with Crippen LogP contribution in [-0.4, -0.2) is 0 Å². The smallest absolute Gasteiger partial charge is 0.444 e. The van der Waals surface area contributed by atoms with E-state index in [-0.39, 0.29) is 22.4 Å². The molecule has 3 nitrogen and oxygen atoms in total. The van der Waals surface area contributed by atoms with Gasteiger partial charge in [0.2, 0.25) is 0 Å². The fourth-order valence-corrected chi connectivity index (χ4v) is 12.2. The minimum Gasteiger partial charge on any atom is -0.444 e. The maximum absolute atomic E-state index is 8.00. The number of nitrogens with zero attached hydrogens (tertiary/aromatic N) is 1. The van der Waals surface area contributed by atoms with Crippen LogP contribution < -0.4 is 31.8 Å². The first-order chi connectivity index (χ1) is 22.8. The summed E-state index contributed by atoms with van der Waals surface area (Å²) in [6.45, 7) is 13.4. The summed E-state index contributed by atoms with van der Waals surface area (Å²) in [5, 5.41) is 18.0. The predicted octanol–water partition coefficient (Wildman–Crippen LogP) is 8.45. The summed E-state index contributed by atoms with van der Waals surface area (Å²) < 4.78 is 0. The summed E-state index contributed by atoms with van der Waals surface area (Å²) in [5.41, 5.74) is 8.35. The summed E-state index contributed by atoms with van der Waals surface area (Å²) in [6, 6.07) is 53.1. The monoisotopic (exact) mass is 763 g/mol. The Morgan fingerprint density at radius 1 is 0.354 bits per heavy atom. The molecule has 6 aromatic rings. The van der Waals surface area contributed by atoms with Crippen molar-refractivity contribution in [2.24, 2.45) is 5.34 Å². The van der Waals surface area contributed by atoms with E-state index >= 15 is 0 Å². The topological polar surface area (TPSA) is 52.5 Å². The molecule has 0 saturated carbocycles. The summed E-state index contributed by atoms with van der Waals surface area (Å²) in [7, 11) is -1.94. The Bertz CT molecular complexity index is 1570. The van der Waals surface area contributed by atoms with Gasteiger partial charge in [0.15, 0.2) is 0 Å². The average molecular weight is 765 g/mol. The molecule has 6 rings (SSSR count). The largest absolute Gasteiger partial charge is 1.00 e. The van der Waals surface area contributed by atoms with E-state index in [2.05, 4.69) is 187 Å². The molecule has 0 unspecified atom stereocenters. The van der Waals surface area contributed by atoms with Gasteiger partial charge in [-0.3, -0.25) is 0 Å². The van der Waals surface area contributed by atoms with E-state index < -0.39 is 15.8 Å². The summed E-state index contributed by atoms with van der Waals surface area (Å²) in [5.74, 6) is 0. The molecule has 0 spiro atoms. The first kappa shape index (κ1) is 38.8.